The molecule has 0 aliphatic rings. The minimum Gasteiger partial charge on any atom is -0.294 e. The number of carbonyl (C=O) groups is 1. The van der Waals surface area contributed by atoms with Crippen molar-refractivity contribution in [1.82, 2.24) is 9.78 Å². The molecular weight excluding hydrogens is 224 g/mol. The van der Waals surface area contributed by atoms with Crippen LogP contribution in [0.5, 0.6) is 0 Å². The fraction of sp³-hybridized carbons (Fsp3) is 0.333. The molecule has 0 atom stereocenters. The summed E-state index contributed by atoms with van der Waals surface area (Å²) in [7, 11) is 1.91. The number of aromatic nitrogens is 2. The van der Waals surface area contributed by atoms with Crippen molar-refractivity contribution in [2.24, 2.45) is 7.05 Å². The van der Waals surface area contributed by atoms with Crippen LogP contribution in [0.15, 0.2) is 30.5 Å². The number of carbonyl (C=O) groups excluding carboxylic acids is 1. The van der Waals surface area contributed by atoms with Gasteiger partial charge in [0.2, 0.25) is 0 Å². The number of aryl methyl sites for hydroxylation is 1. The Kier molecular flexibility index (Phi) is 3.32. The van der Waals surface area contributed by atoms with Crippen molar-refractivity contribution in [3.63, 3.8) is 0 Å². The molecule has 0 unspecified atom stereocenters. The van der Waals surface area contributed by atoms with Gasteiger partial charge in [-0.3, -0.25) is 9.48 Å². The van der Waals surface area contributed by atoms with E-state index in [1.165, 1.54) is 0 Å². The molecule has 0 amide bonds. The highest BCUT2D eigenvalue weighted by molar-refractivity contribution is 6.01. The zero-order valence-corrected chi connectivity index (χ0v) is 11.3. The van der Waals surface area contributed by atoms with E-state index < -0.39 is 0 Å². The van der Waals surface area contributed by atoms with Crippen molar-refractivity contribution in [3.8, 4) is 11.1 Å². The van der Waals surface area contributed by atoms with Crippen LogP contribution in [0.2, 0.25) is 0 Å². The van der Waals surface area contributed by atoms with Gasteiger partial charge in [-0.15, -0.1) is 0 Å². The highest BCUT2D eigenvalue weighted by Gasteiger charge is 2.16. The first kappa shape index (κ1) is 12.6. The fourth-order valence-electron chi connectivity index (χ4n) is 2.16. The number of nitrogens with zero attached hydrogens (tertiary/aromatic N) is 2. The summed E-state index contributed by atoms with van der Waals surface area (Å²) < 4.78 is 1.81. The molecule has 0 aliphatic heterocycles. The summed E-state index contributed by atoms with van der Waals surface area (Å²) in [4.78, 5) is 11.7. The second-order valence-corrected chi connectivity index (χ2v) is 4.86. The third kappa shape index (κ3) is 2.21. The molecule has 0 bridgehead atoms. The van der Waals surface area contributed by atoms with E-state index in [0.717, 1.165) is 22.4 Å². The minimum atomic E-state index is 0.0872. The maximum absolute atomic E-state index is 11.7. The summed E-state index contributed by atoms with van der Waals surface area (Å²) in [6, 6.07) is 7.71. The van der Waals surface area contributed by atoms with Gasteiger partial charge in [-0.1, -0.05) is 38.1 Å². The van der Waals surface area contributed by atoms with E-state index in [1.807, 2.05) is 42.2 Å². The summed E-state index contributed by atoms with van der Waals surface area (Å²) in [6.07, 6.45) is 1.98. The van der Waals surface area contributed by atoms with Gasteiger partial charge in [0.05, 0.1) is 5.69 Å². The van der Waals surface area contributed by atoms with Gasteiger partial charge < -0.3 is 0 Å². The van der Waals surface area contributed by atoms with Crippen molar-refractivity contribution < 1.29 is 4.79 Å². The molecule has 0 fully saturated rings. The molecule has 0 aliphatic carbocycles. The van der Waals surface area contributed by atoms with E-state index in [2.05, 4.69) is 18.9 Å². The summed E-state index contributed by atoms with van der Waals surface area (Å²) in [5, 5.41) is 4.49. The molecule has 2 rings (SSSR count). The predicted octanol–water partition coefficient (Wildman–Crippen LogP) is 3.41. The number of ketones is 1. The van der Waals surface area contributed by atoms with Crippen LogP contribution in [0.3, 0.4) is 0 Å². The molecule has 0 N–H and O–H groups in total. The van der Waals surface area contributed by atoms with E-state index in [0.29, 0.717) is 5.92 Å². The second kappa shape index (κ2) is 4.77. The summed E-state index contributed by atoms with van der Waals surface area (Å²) in [5.41, 5.74) is 3.82. The van der Waals surface area contributed by atoms with Gasteiger partial charge in [-0.05, 0) is 18.4 Å². The lowest BCUT2D eigenvalue weighted by atomic mass is 9.95. The minimum absolute atomic E-state index is 0.0872. The highest BCUT2D eigenvalue weighted by Crippen LogP contribution is 2.30. The molecule has 1 aromatic carbocycles. The maximum atomic E-state index is 11.7. The van der Waals surface area contributed by atoms with Crippen LogP contribution in [0.25, 0.3) is 11.1 Å². The third-order valence-electron chi connectivity index (χ3n) is 3.00. The number of benzene rings is 1. The Balaban J connectivity index is 2.65. The Labute approximate surface area is 107 Å². The Bertz CT molecular complexity index is 582. The van der Waals surface area contributed by atoms with Gasteiger partial charge in [0, 0.05) is 24.4 Å². The van der Waals surface area contributed by atoms with Crippen LogP contribution >= 0.6 is 0 Å². The number of Topliss-reactive ketones (excluding diaryl/α,β-unsaturated/α-hetero) is 1. The van der Waals surface area contributed by atoms with Crippen LogP contribution in [0, 0.1) is 0 Å². The van der Waals surface area contributed by atoms with Crippen LogP contribution in [0.4, 0.5) is 0 Å². The van der Waals surface area contributed by atoms with Crippen LogP contribution < -0.4 is 0 Å². The normalized spacial score (nSPS) is 10.9. The van der Waals surface area contributed by atoms with Gasteiger partial charge in [0.15, 0.2) is 5.78 Å². The Morgan fingerprint density at radius 2 is 1.89 bits per heavy atom. The average Bonchev–Trinajstić information content (AvgIpc) is 2.71. The van der Waals surface area contributed by atoms with Crippen LogP contribution in [0.1, 0.15) is 42.7 Å². The molecule has 2 aromatic rings. The van der Waals surface area contributed by atoms with Crippen molar-refractivity contribution in [3.05, 3.63) is 41.7 Å². The van der Waals surface area contributed by atoms with E-state index in [-0.39, 0.29) is 5.78 Å². The number of hydrogen-bond acceptors (Lipinski definition) is 2. The molecule has 0 spiro atoms. The third-order valence-corrected chi connectivity index (χ3v) is 3.00. The number of hydrogen-bond donors (Lipinski definition) is 0. The Morgan fingerprint density at radius 1 is 1.22 bits per heavy atom. The highest BCUT2D eigenvalue weighted by atomic mass is 16.1. The topological polar surface area (TPSA) is 34.9 Å². The van der Waals surface area contributed by atoms with Crippen molar-refractivity contribution in [1.29, 1.82) is 0 Å². The molecule has 1 heterocycles. The summed E-state index contributed by atoms with van der Waals surface area (Å²) in [5.74, 6) is 0.422. The van der Waals surface area contributed by atoms with Crippen LogP contribution in [-0.4, -0.2) is 15.6 Å². The van der Waals surface area contributed by atoms with Gasteiger partial charge in [0.1, 0.15) is 0 Å². The molecular formula is C15H18N2O. The zero-order valence-electron chi connectivity index (χ0n) is 11.3. The standard InChI is InChI=1S/C15H18N2O/c1-10(2)15-14(9-17(4)16-15)13-8-6-5-7-12(13)11(3)18/h5-10H,1-4H3. The molecule has 0 saturated heterocycles. The lowest BCUT2D eigenvalue weighted by Gasteiger charge is -2.08. The van der Waals surface area contributed by atoms with Crippen LogP contribution in [-0.2, 0) is 7.05 Å². The quantitative estimate of drug-likeness (QED) is 0.773. The van der Waals surface area contributed by atoms with Crippen molar-refractivity contribution in [2.45, 2.75) is 26.7 Å². The smallest absolute Gasteiger partial charge is 0.160 e. The first-order chi connectivity index (χ1) is 8.50. The van der Waals surface area contributed by atoms with Crippen molar-refractivity contribution in [2.75, 3.05) is 0 Å². The monoisotopic (exact) mass is 242 g/mol. The second-order valence-electron chi connectivity index (χ2n) is 4.86. The molecule has 0 saturated carbocycles. The average molecular weight is 242 g/mol. The largest absolute Gasteiger partial charge is 0.294 e. The lowest BCUT2D eigenvalue weighted by Crippen LogP contribution is -1.98. The van der Waals surface area contributed by atoms with Gasteiger partial charge in [0.25, 0.3) is 0 Å². The molecule has 94 valence electrons. The molecule has 1 aromatic heterocycles. The first-order valence-electron chi connectivity index (χ1n) is 6.14. The summed E-state index contributed by atoms with van der Waals surface area (Å²) in [6.45, 7) is 5.83. The van der Waals surface area contributed by atoms with Crippen molar-refractivity contribution >= 4 is 5.78 Å². The maximum Gasteiger partial charge on any atom is 0.160 e. The molecule has 3 heteroatoms. The molecule has 0 radical (unpaired) electrons. The van der Waals surface area contributed by atoms with Gasteiger partial charge in [-0.25, -0.2) is 0 Å². The lowest BCUT2D eigenvalue weighted by molar-refractivity contribution is 0.101. The SMILES string of the molecule is CC(=O)c1ccccc1-c1cn(C)nc1C(C)C. The first-order valence-corrected chi connectivity index (χ1v) is 6.14. The van der Waals surface area contributed by atoms with Gasteiger partial charge >= 0.3 is 0 Å². The number of rotatable bonds is 3. The molecule has 18 heavy (non-hydrogen) atoms. The molecule has 3 nitrogen and oxygen atoms in total. The Morgan fingerprint density at radius 3 is 2.50 bits per heavy atom. The predicted molar refractivity (Wildman–Crippen MR) is 72.7 cm³/mol. The van der Waals surface area contributed by atoms with Gasteiger partial charge in [-0.2, -0.15) is 5.10 Å². The fourth-order valence-corrected chi connectivity index (χ4v) is 2.16. The van der Waals surface area contributed by atoms with E-state index in [9.17, 15) is 4.79 Å². The zero-order chi connectivity index (χ0) is 13.3. The Hall–Kier alpha value is -1.90. The van der Waals surface area contributed by atoms with E-state index in [1.54, 1.807) is 6.92 Å². The van der Waals surface area contributed by atoms with E-state index in [4.69, 9.17) is 0 Å². The summed E-state index contributed by atoms with van der Waals surface area (Å²) >= 11 is 0. The van der Waals surface area contributed by atoms with E-state index >= 15 is 0 Å².